The van der Waals surface area contributed by atoms with Crippen molar-refractivity contribution in [1.29, 1.82) is 0 Å². The predicted molar refractivity (Wildman–Crippen MR) is 174 cm³/mol. The van der Waals surface area contributed by atoms with Crippen LogP contribution in [-0.4, -0.2) is 27.3 Å². The Balaban J connectivity index is 2.64. The highest BCUT2D eigenvalue weighted by Gasteiger charge is 2.48. The van der Waals surface area contributed by atoms with Crippen LogP contribution in [0.15, 0.2) is 24.3 Å². The highest BCUT2D eigenvalue weighted by Crippen LogP contribution is 2.43. The number of unbranched alkanes of at least 4 members (excludes halogenated alkanes) is 1. The van der Waals surface area contributed by atoms with E-state index in [2.05, 4.69) is 0 Å². The maximum atomic E-state index is 13.9. The molecule has 1 unspecified atom stereocenters. The van der Waals surface area contributed by atoms with Crippen molar-refractivity contribution in [2.45, 2.75) is 144 Å². The second-order valence-corrected chi connectivity index (χ2v) is 16.3. The maximum Gasteiger partial charge on any atom is 0.324 e. The summed E-state index contributed by atoms with van der Waals surface area (Å²) in [6.45, 7) is 26.0. The topological polar surface area (TPSA) is 104 Å². The second-order valence-electron chi connectivity index (χ2n) is 16.3. The van der Waals surface area contributed by atoms with Crippen LogP contribution in [0, 0.1) is 5.41 Å². The molecule has 2 aromatic carbocycles. The first-order valence-electron chi connectivity index (χ1n) is 15.5. The number of aliphatic carboxylic acids is 1. The Kier molecular flexibility index (Phi) is 10.5. The molecule has 0 bridgehead atoms. The first-order valence-corrected chi connectivity index (χ1v) is 15.5. The molecule has 240 valence electrons. The minimum Gasteiger partial charge on any atom is -0.507 e. The molecule has 0 saturated heterocycles. The van der Waals surface area contributed by atoms with Crippen molar-refractivity contribution in [3.63, 3.8) is 0 Å². The highest BCUT2D eigenvalue weighted by atomic mass is 16.5. The zero-order chi connectivity index (χ0) is 33.3. The molecule has 2 aromatic rings. The third-order valence-corrected chi connectivity index (χ3v) is 8.20. The Morgan fingerprint density at radius 1 is 0.651 bits per heavy atom. The molecule has 0 fully saturated rings. The molecule has 0 amide bonds. The van der Waals surface area contributed by atoms with E-state index < -0.39 is 28.2 Å². The number of carbonyl (C=O) groups is 2. The van der Waals surface area contributed by atoms with E-state index in [1.807, 2.05) is 114 Å². The number of esters is 1. The number of hydrogen-bond acceptors (Lipinski definition) is 5. The van der Waals surface area contributed by atoms with Gasteiger partial charge >= 0.3 is 11.9 Å². The van der Waals surface area contributed by atoms with Gasteiger partial charge in [0.15, 0.2) is 5.41 Å². The molecule has 2 rings (SSSR count). The van der Waals surface area contributed by atoms with Crippen molar-refractivity contribution < 1.29 is 29.6 Å². The number of ether oxygens (including phenoxy) is 1. The van der Waals surface area contributed by atoms with Crippen LogP contribution in [0.4, 0.5) is 0 Å². The third-order valence-electron chi connectivity index (χ3n) is 8.20. The van der Waals surface area contributed by atoms with Gasteiger partial charge in [0.05, 0.1) is 0 Å². The SMILES string of the molecule is CCCCC(Cc1cc(C(C)(C)C)c(O)c(C(C)(C)C)c1)(C(=O)O)C(=O)OCc1cc(C(C)(C)C)c(O)c(C(C)(C)C)c1. The summed E-state index contributed by atoms with van der Waals surface area (Å²) >= 11 is 0. The van der Waals surface area contributed by atoms with E-state index in [1.165, 1.54) is 0 Å². The monoisotopic (exact) mass is 596 g/mol. The highest BCUT2D eigenvalue weighted by molar-refractivity contribution is 5.99. The van der Waals surface area contributed by atoms with Gasteiger partial charge in [0.25, 0.3) is 0 Å². The summed E-state index contributed by atoms with van der Waals surface area (Å²) in [6.07, 6.45) is 1.34. The minimum absolute atomic E-state index is 0.0519. The van der Waals surface area contributed by atoms with E-state index in [1.54, 1.807) is 0 Å². The lowest BCUT2D eigenvalue weighted by atomic mass is 9.73. The lowest BCUT2D eigenvalue weighted by molar-refractivity contribution is -0.170. The number of benzene rings is 2. The average molecular weight is 597 g/mol. The van der Waals surface area contributed by atoms with Crippen LogP contribution < -0.4 is 0 Å². The van der Waals surface area contributed by atoms with E-state index in [0.717, 1.165) is 17.5 Å². The molecule has 6 heteroatoms. The van der Waals surface area contributed by atoms with Crippen molar-refractivity contribution in [3.8, 4) is 11.5 Å². The smallest absolute Gasteiger partial charge is 0.324 e. The van der Waals surface area contributed by atoms with Gasteiger partial charge in [0, 0.05) is 0 Å². The van der Waals surface area contributed by atoms with Crippen LogP contribution in [0.3, 0.4) is 0 Å². The number of hydrogen-bond donors (Lipinski definition) is 3. The maximum absolute atomic E-state index is 13.9. The molecule has 1 atom stereocenters. The number of phenolic OH excluding ortho intramolecular Hbond substituents is 2. The van der Waals surface area contributed by atoms with Crippen LogP contribution in [0.2, 0.25) is 0 Å². The Labute approximate surface area is 259 Å². The van der Waals surface area contributed by atoms with Crippen LogP contribution in [0.5, 0.6) is 11.5 Å². The second kappa shape index (κ2) is 12.5. The fraction of sp³-hybridized carbons (Fsp3) is 0.622. The molecule has 0 saturated carbocycles. The van der Waals surface area contributed by atoms with Crippen LogP contribution >= 0.6 is 0 Å². The Morgan fingerprint density at radius 3 is 1.30 bits per heavy atom. The fourth-order valence-corrected chi connectivity index (χ4v) is 5.51. The molecule has 0 spiro atoms. The van der Waals surface area contributed by atoms with E-state index in [-0.39, 0.29) is 41.8 Å². The zero-order valence-corrected chi connectivity index (χ0v) is 28.9. The van der Waals surface area contributed by atoms with Gasteiger partial charge in [0.2, 0.25) is 0 Å². The van der Waals surface area contributed by atoms with Gasteiger partial charge in [-0.05, 0) is 80.0 Å². The molecule has 0 heterocycles. The lowest BCUT2D eigenvalue weighted by Crippen LogP contribution is -2.43. The van der Waals surface area contributed by atoms with Crippen molar-refractivity contribution in [1.82, 2.24) is 0 Å². The first-order chi connectivity index (χ1) is 19.4. The Morgan fingerprint density at radius 2 is 1.00 bits per heavy atom. The summed E-state index contributed by atoms with van der Waals surface area (Å²) in [5, 5.41) is 33.0. The summed E-state index contributed by atoms with van der Waals surface area (Å²) in [6, 6.07) is 7.37. The quantitative estimate of drug-likeness (QED) is 0.197. The zero-order valence-electron chi connectivity index (χ0n) is 28.9. The molecular formula is C37H56O6. The van der Waals surface area contributed by atoms with E-state index in [0.29, 0.717) is 28.7 Å². The number of aromatic hydroxyl groups is 2. The average Bonchev–Trinajstić information content (AvgIpc) is 2.83. The van der Waals surface area contributed by atoms with Gasteiger partial charge in [-0.15, -0.1) is 0 Å². The summed E-state index contributed by atoms with van der Waals surface area (Å²) < 4.78 is 5.87. The Bertz CT molecular complexity index is 1250. The molecule has 0 aromatic heterocycles. The molecule has 0 radical (unpaired) electrons. The third kappa shape index (κ3) is 8.33. The van der Waals surface area contributed by atoms with Crippen LogP contribution in [-0.2, 0) is 49.0 Å². The standard InChI is InChI=1S/C37H56O6/c1-14-15-16-37(31(40)41,21-23-17-25(33(2,3)4)29(38)26(18-23)34(5,6)7)32(42)43-22-24-19-27(35(8,9)10)30(39)28(20-24)36(11,12)13/h17-20,38-39H,14-16,21-22H2,1-13H3,(H,40,41). The van der Waals surface area contributed by atoms with Gasteiger partial charge in [-0.1, -0.05) is 115 Å². The molecule has 6 nitrogen and oxygen atoms in total. The number of carbonyl (C=O) groups excluding carboxylic acids is 1. The predicted octanol–water partition coefficient (Wildman–Crippen LogP) is 8.83. The van der Waals surface area contributed by atoms with Crippen LogP contribution in [0.1, 0.15) is 143 Å². The molecule has 0 aliphatic carbocycles. The molecule has 3 N–H and O–H groups in total. The fourth-order valence-electron chi connectivity index (χ4n) is 5.51. The first kappa shape index (κ1) is 36.2. The van der Waals surface area contributed by atoms with Crippen LogP contribution in [0.25, 0.3) is 0 Å². The molecule has 43 heavy (non-hydrogen) atoms. The number of carboxylic acid groups (broad SMARTS) is 1. The molecule has 0 aliphatic heterocycles. The molecular weight excluding hydrogens is 540 g/mol. The van der Waals surface area contributed by atoms with Gasteiger partial charge in [-0.3, -0.25) is 9.59 Å². The van der Waals surface area contributed by atoms with E-state index in [9.17, 15) is 24.9 Å². The van der Waals surface area contributed by atoms with Crippen molar-refractivity contribution >= 4 is 11.9 Å². The Hall–Kier alpha value is -3.02. The normalized spacial score (nSPS) is 14.3. The van der Waals surface area contributed by atoms with Gasteiger partial charge in [0.1, 0.15) is 18.1 Å². The van der Waals surface area contributed by atoms with Gasteiger partial charge < -0.3 is 20.1 Å². The number of rotatable bonds is 9. The largest absolute Gasteiger partial charge is 0.507 e. The molecule has 0 aliphatic rings. The summed E-state index contributed by atoms with van der Waals surface area (Å²) in [7, 11) is 0. The summed E-state index contributed by atoms with van der Waals surface area (Å²) in [4.78, 5) is 27.0. The van der Waals surface area contributed by atoms with Crippen molar-refractivity contribution in [3.05, 3.63) is 57.6 Å². The summed E-state index contributed by atoms with van der Waals surface area (Å²) in [5.74, 6) is -1.56. The van der Waals surface area contributed by atoms with Gasteiger partial charge in [-0.25, -0.2) is 0 Å². The van der Waals surface area contributed by atoms with E-state index in [4.69, 9.17) is 4.74 Å². The van der Waals surface area contributed by atoms with Gasteiger partial charge in [-0.2, -0.15) is 0 Å². The number of carboxylic acids is 1. The number of phenols is 2. The lowest BCUT2D eigenvalue weighted by Gasteiger charge is -2.31. The minimum atomic E-state index is -1.80. The van der Waals surface area contributed by atoms with Crippen molar-refractivity contribution in [2.75, 3.05) is 0 Å². The van der Waals surface area contributed by atoms with E-state index >= 15 is 0 Å². The van der Waals surface area contributed by atoms with Crippen molar-refractivity contribution in [2.24, 2.45) is 5.41 Å². The summed E-state index contributed by atoms with van der Waals surface area (Å²) in [5.41, 5.74) is 0.989.